The van der Waals surface area contributed by atoms with Crippen LogP contribution >= 0.6 is 11.3 Å². The highest BCUT2D eigenvalue weighted by atomic mass is 32.1. The molecule has 1 saturated heterocycles. The number of aliphatic hydroxyl groups excluding tert-OH is 1. The second kappa shape index (κ2) is 9.33. The fraction of sp³-hybridized carbons (Fsp3) is 0.179. The van der Waals surface area contributed by atoms with Crippen LogP contribution in [0.25, 0.3) is 16.0 Å². The topological polar surface area (TPSA) is 89.0 Å². The van der Waals surface area contributed by atoms with Crippen molar-refractivity contribution in [1.29, 1.82) is 0 Å². The molecule has 0 spiro atoms. The van der Waals surface area contributed by atoms with E-state index in [9.17, 15) is 19.1 Å². The van der Waals surface area contributed by atoms with E-state index in [1.807, 2.05) is 26.0 Å². The highest BCUT2D eigenvalue weighted by Crippen LogP contribution is 2.48. The Morgan fingerprint density at radius 3 is 2.46 bits per heavy atom. The highest BCUT2D eigenvalue weighted by molar-refractivity contribution is 7.22. The SMILES string of the molecule is COc1cccc([C@H]2/C(=C(\O)c3ccc(F)cc3)C(=O)C(=O)N2c2nc3c(C)cc(C)cc3s2)c1OC. The molecule has 0 radical (unpaired) electrons. The number of Topliss-reactive ketones (excluding diaryl/α,β-unsaturated/α-hetero) is 1. The summed E-state index contributed by atoms with van der Waals surface area (Å²) in [5, 5.41) is 11.6. The van der Waals surface area contributed by atoms with Gasteiger partial charge in [-0.3, -0.25) is 14.5 Å². The van der Waals surface area contributed by atoms with E-state index in [1.54, 1.807) is 18.2 Å². The number of methoxy groups -OCH3 is 2. The van der Waals surface area contributed by atoms with Gasteiger partial charge in [-0.2, -0.15) is 0 Å². The van der Waals surface area contributed by atoms with Crippen LogP contribution in [0, 0.1) is 19.7 Å². The molecular formula is C28H23FN2O5S. The molecule has 1 aliphatic rings. The van der Waals surface area contributed by atoms with Crippen molar-refractivity contribution in [3.05, 3.63) is 88.2 Å². The fourth-order valence-corrected chi connectivity index (χ4v) is 5.84. The van der Waals surface area contributed by atoms with E-state index in [1.165, 1.54) is 54.7 Å². The van der Waals surface area contributed by atoms with Crippen LogP contribution in [0.5, 0.6) is 11.5 Å². The minimum absolute atomic E-state index is 0.157. The number of benzene rings is 3. The van der Waals surface area contributed by atoms with Crippen LogP contribution in [-0.2, 0) is 9.59 Å². The molecule has 0 bridgehead atoms. The highest BCUT2D eigenvalue weighted by Gasteiger charge is 2.49. The van der Waals surface area contributed by atoms with Crippen molar-refractivity contribution in [2.24, 2.45) is 0 Å². The maximum Gasteiger partial charge on any atom is 0.301 e. The summed E-state index contributed by atoms with van der Waals surface area (Å²) in [4.78, 5) is 33.0. The van der Waals surface area contributed by atoms with E-state index in [-0.39, 0.29) is 11.1 Å². The van der Waals surface area contributed by atoms with Gasteiger partial charge in [0.25, 0.3) is 5.78 Å². The number of nitrogens with zero attached hydrogens (tertiary/aromatic N) is 2. The van der Waals surface area contributed by atoms with Gasteiger partial charge in [-0.25, -0.2) is 9.37 Å². The molecule has 5 rings (SSSR count). The standard InChI is InChI=1S/C28H23FN2O5S/c1-14-12-15(2)22-20(13-14)37-28(30-22)31-23(18-6-5-7-19(35-3)26(18)36-4)21(25(33)27(31)34)24(32)16-8-10-17(29)11-9-16/h5-13,23,32H,1-4H3/b24-21+/t23-/m0/s1. The summed E-state index contributed by atoms with van der Waals surface area (Å²) < 4.78 is 25.5. The van der Waals surface area contributed by atoms with Gasteiger partial charge in [0.2, 0.25) is 0 Å². The maximum atomic E-state index is 13.6. The smallest absolute Gasteiger partial charge is 0.301 e. The number of carbonyl (C=O) groups excluding carboxylic acids is 2. The Labute approximate surface area is 216 Å². The third-order valence-corrected chi connectivity index (χ3v) is 7.32. The number of carbonyl (C=O) groups is 2. The monoisotopic (exact) mass is 518 g/mol. The second-order valence-corrected chi connectivity index (χ2v) is 9.69. The van der Waals surface area contributed by atoms with Gasteiger partial charge < -0.3 is 14.6 Å². The molecule has 1 fully saturated rings. The summed E-state index contributed by atoms with van der Waals surface area (Å²) in [7, 11) is 2.94. The van der Waals surface area contributed by atoms with Gasteiger partial charge in [0.1, 0.15) is 17.6 Å². The summed E-state index contributed by atoms with van der Waals surface area (Å²) in [5.74, 6) is -1.95. The van der Waals surface area contributed by atoms with Crippen LogP contribution in [0.2, 0.25) is 0 Å². The molecule has 2 heterocycles. The summed E-state index contributed by atoms with van der Waals surface area (Å²) in [6, 6.07) is 13.0. The van der Waals surface area contributed by atoms with Gasteiger partial charge in [-0.1, -0.05) is 29.5 Å². The minimum atomic E-state index is -1.07. The molecule has 1 atom stereocenters. The normalized spacial score (nSPS) is 17.0. The molecule has 1 aromatic heterocycles. The Hall–Kier alpha value is -4.24. The van der Waals surface area contributed by atoms with E-state index < -0.39 is 29.3 Å². The Balaban J connectivity index is 1.80. The number of aromatic nitrogens is 1. The molecule has 1 aliphatic heterocycles. The van der Waals surface area contributed by atoms with E-state index >= 15 is 0 Å². The van der Waals surface area contributed by atoms with Crippen LogP contribution < -0.4 is 14.4 Å². The molecule has 0 aliphatic carbocycles. The van der Waals surface area contributed by atoms with Crippen molar-refractivity contribution in [2.45, 2.75) is 19.9 Å². The van der Waals surface area contributed by atoms with E-state index in [0.29, 0.717) is 22.2 Å². The van der Waals surface area contributed by atoms with Crippen LogP contribution in [0.4, 0.5) is 9.52 Å². The molecule has 188 valence electrons. The first kappa shape index (κ1) is 24.5. The van der Waals surface area contributed by atoms with Crippen molar-refractivity contribution in [1.82, 2.24) is 4.98 Å². The van der Waals surface area contributed by atoms with Crippen molar-refractivity contribution in [3.63, 3.8) is 0 Å². The molecule has 3 aromatic carbocycles. The van der Waals surface area contributed by atoms with Gasteiger partial charge in [0.05, 0.1) is 30.0 Å². The second-order valence-electron chi connectivity index (χ2n) is 8.68. The van der Waals surface area contributed by atoms with Gasteiger partial charge >= 0.3 is 5.91 Å². The van der Waals surface area contributed by atoms with Gasteiger partial charge in [0, 0.05) is 11.1 Å². The number of amides is 1. The molecule has 1 amide bonds. The maximum absolute atomic E-state index is 13.6. The van der Waals surface area contributed by atoms with Gasteiger partial charge in [-0.05, 0) is 61.4 Å². The molecule has 4 aromatic rings. The Bertz CT molecular complexity index is 1590. The van der Waals surface area contributed by atoms with Crippen LogP contribution in [-0.4, -0.2) is 36.0 Å². The summed E-state index contributed by atoms with van der Waals surface area (Å²) >= 11 is 1.28. The summed E-state index contributed by atoms with van der Waals surface area (Å²) in [5.41, 5.74) is 3.18. The fourth-order valence-electron chi connectivity index (χ4n) is 4.68. The first-order valence-electron chi connectivity index (χ1n) is 11.4. The summed E-state index contributed by atoms with van der Waals surface area (Å²) in [6.07, 6.45) is 0. The quantitative estimate of drug-likeness (QED) is 0.207. The lowest BCUT2D eigenvalue weighted by Gasteiger charge is -2.25. The third-order valence-electron chi connectivity index (χ3n) is 6.31. The number of halogens is 1. The zero-order chi connectivity index (χ0) is 26.4. The first-order chi connectivity index (χ1) is 17.7. The van der Waals surface area contributed by atoms with Gasteiger partial charge in [-0.15, -0.1) is 0 Å². The Kier molecular flexibility index (Phi) is 6.16. The number of hydrogen-bond donors (Lipinski definition) is 1. The van der Waals surface area contributed by atoms with Crippen molar-refractivity contribution in [3.8, 4) is 11.5 Å². The average molecular weight is 519 g/mol. The first-order valence-corrected chi connectivity index (χ1v) is 12.2. The molecular weight excluding hydrogens is 495 g/mol. The van der Waals surface area contributed by atoms with Crippen LogP contribution in [0.15, 0.2) is 60.2 Å². The number of ketones is 1. The predicted octanol–water partition coefficient (Wildman–Crippen LogP) is 5.70. The number of thiazole rings is 1. The van der Waals surface area contributed by atoms with Crippen LogP contribution in [0.1, 0.15) is 28.3 Å². The average Bonchev–Trinajstić information content (AvgIpc) is 3.42. The number of ether oxygens (including phenoxy) is 2. The van der Waals surface area contributed by atoms with E-state index in [0.717, 1.165) is 21.3 Å². The number of anilines is 1. The molecule has 0 unspecified atom stereocenters. The number of para-hydroxylation sites is 1. The van der Waals surface area contributed by atoms with Crippen molar-refractivity contribution in [2.75, 3.05) is 19.1 Å². The largest absolute Gasteiger partial charge is 0.507 e. The number of aliphatic hydroxyl groups is 1. The molecule has 1 N–H and O–H groups in total. The molecule has 9 heteroatoms. The lowest BCUT2D eigenvalue weighted by Crippen LogP contribution is -2.29. The molecule has 0 saturated carbocycles. The third kappa shape index (κ3) is 4.01. The lowest BCUT2D eigenvalue weighted by molar-refractivity contribution is -0.132. The zero-order valence-electron chi connectivity index (χ0n) is 20.5. The Morgan fingerprint density at radius 1 is 1.05 bits per heavy atom. The van der Waals surface area contributed by atoms with E-state index in [2.05, 4.69) is 0 Å². The number of aryl methyl sites for hydroxylation is 2. The minimum Gasteiger partial charge on any atom is -0.507 e. The zero-order valence-corrected chi connectivity index (χ0v) is 21.4. The lowest BCUT2D eigenvalue weighted by atomic mass is 9.94. The number of fused-ring (bicyclic) bond motifs is 1. The molecule has 37 heavy (non-hydrogen) atoms. The Morgan fingerprint density at radius 2 is 1.78 bits per heavy atom. The summed E-state index contributed by atoms with van der Waals surface area (Å²) in [6.45, 7) is 3.91. The number of rotatable bonds is 5. The predicted molar refractivity (Wildman–Crippen MR) is 140 cm³/mol. The van der Waals surface area contributed by atoms with Gasteiger partial charge in [0.15, 0.2) is 16.6 Å². The van der Waals surface area contributed by atoms with E-state index in [4.69, 9.17) is 14.5 Å². The van der Waals surface area contributed by atoms with Crippen molar-refractivity contribution < 1.29 is 28.6 Å². The molecule has 7 nitrogen and oxygen atoms in total. The van der Waals surface area contributed by atoms with Crippen LogP contribution in [0.3, 0.4) is 0 Å². The van der Waals surface area contributed by atoms with Crippen molar-refractivity contribution >= 4 is 44.1 Å². The number of hydrogen-bond acceptors (Lipinski definition) is 7.